The van der Waals surface area contributed by atoms with E-state index in [1.54, 1.807) is 35.3 Å². The third-order valence-corrected chi connectivity index (χ3v) is 2.91. The monoisotopic (exact) mass is 174 g/mol. The second kappa shape index (κ2) is 5.09. The molecule has 0 amide bonds. The highest BCUT2D eigenvalue weighted by Crippen LogP contribution is 2.18. The Balaban J connectivity index is 2.43. The van der Waals surface area contributed by atoms with Crippen molar-refractivity contribution in [2.45, 2.75) is 0 Å². The Labute approximate surface area is 67.9 Å². The van der Waals surface area contributed by atoms with Gasteiger partial charge >= 0.3 is 0 Å². The fraction of sp³-hybridized carbons (Fsp3) is 0. The van der Waals surface area contributed by atoms with Crippen molar-refractivity contribution < 1.29 is 0 Å². The summed E-state index contributed by atoms with van der Waals surface area (Å²) >= 11 is 5.10. The maximum Gasteiger partial charge on any atom is -0.0181 e. The van der Waals surface area contributed by atoms with Crippen LogP contribution in [0.25, 0.3) is 0 Å². The van der Waals surface area contributed by atoms with E-state index in [0.717, 1.165) is 0 Å². The third-order valence-electron chi connectivity index (χ3n) is 0.638. The van der Waals surface area contributed by atoms with E-state index in [2.05, 4.69) is 32.4 Å². The highest BCUT2D eigenvalue weighted by Gasteiger charge is 1.77. The van der Waals surface area contributed by atoms with Gasteiger partial charge in [0, 0.05) is 0 Å². The molecule has 48 valence electrons. The van der Waals surface area contributed by atoms with Crippen LogP contribution >= 0.6 is 35.3 Å². The zero-order valence-electron chi connectivity index (χ0n) is 4.69. The Kier molecular flexibility index (Phi) is 4.17. The van der Waals surface area contributed by atoms with Crippen LogP contribution in [-0.4, -0.2) is 0 Å². The van der Waals surface area contributed by atoms with Gasteiger partial charge in [-0.15, -0.1) is 35.3 Å². The fourth-order valence-corrected chi connectivity index (χ4v) is 2.14. The lowest BCUT2D eigenvalue weighted by molar-refractivity contribution is 2.49. The second-order valence-corrected chi connectivity index (χ2v) is 3.67. The molecule has 0 aliphatic carbocycles. The summed E-state index contributed by atoms with van der Waals surface area (Å²) in [6.07, 6.45) is 0. The molecule has 1 heterocycles. The van der Waals surface area contributed by atoms with E-state index in [-0.39, 0.29) is 0 Å². The van der Waals surface area contributed by atoms with Gasteiger partial charge in [0.1, 0.15) is 0 Å². The molecule has 0 bridgehead atoms. The smallest absolute Gasteiger partial charge is 0.0181 e. The molecule has 0 atom stereocenters. The molecule has 0 unspecified atom stereocenters. The molecule has 3 heteroatoms. The van der Waals surface area contributed by atoms with E-state index in [1.165, 1.54) is 0 Å². The Morgan fingerprint density at radius 3 is 0.889 bits per heavy atom. The van der Waals surface area contributed by atoms with E-state index in [4.69, 9.17) is 0 Å². The van der Waals surface area contributed by atoms with Gasteiger partial charge in [-0.3, -0.25) is 0 Å². The topological polar surface area (TPSA) is 0 Å². The Morgan fingerprint density at radius 1 is 0.444 bits per heavy atom. The first kappa shape index (κ1) is 7.38. The van der Waals surface area contributed by atoms with Crippen LogP contribution in [0, 0.1) is 0 Å². The Bertz CT molecular complexity index is 106. The first-order chi connectivity index (χ1) is 4.50. The summed E-state index contributed by atoms with van der Waals surface area (Å²) in [5, 5.41) is 12.4. The fourth-order valence-electron chi connectivity index (χ4n) is 0.329. The minimum Gasteiger partial charge on any atom is -0.105 e. The van der Waals surface area contributed by atoms with Crippen LogP contribution in [0.3, 0.4) is 0 Å². The van der Waals surface area contributed by atoms with Crippen LogP contribution in [-0.2, 0) is 0 Å². The first-order valence-electron chi connectivity index (χ1n) is 2.41. The summed E-state index contributed by atoms with van der Waals surface area (Å²) in [5.74, 6) is 0. The molecule has 0 fully saturated rings. The average Bonchev–Trinajstić information content (AvgIpc) is 2.00. The summed E-state index contributed by atoms with van der Waals surface area (Å²) in [7, 11) is 0. The van der Waals surface area contributed by atoms with Gasteiger partial charge in [-0.1, -0.05) is 0 Å². The SMILES string of the molecule is C1=C\S/C=C\S/C=C\S/1. The lowest BCUT2D eigenvalue weighted by Crippen LogP contribution is -1.38. The molecule has 0 aromatic heterocycles. The predicted molar refractivity (Wildman–Crippen MR) is 50.2 cm³/mol. The number of thioether (sulfide) groups is 3. The van der Waals surface area contributed by atoms with Gasteiger partial charge in [0.25, 0.3) is 0 Å². The zero-order chi connectivity index (χ0) is 6.36. The maximum atomic E-state index is 2.07. The Hall–Kier alpha value is 0.270. The van der Waals surface area contributed by atoms with Crippen LogP contribution in [0.4, 0.5) is 0 Å². The van der Waals surface area contributed by atoms with E-state index in [1.807, 2.05) is 0 Å². The largest absolute Gasteiger partial charge is 0.105 e. The predicted octanol–water partition coefficient (Wildman–Crippen LogP) is 3.61. The van der Waals surface area contributed by atoms with Gasteiger partial charge in [0.2, 0.25) is 0 Å². The van der Waals surface area contributed by atoms with Crippen molar-refractivity contribution in [1.82, 2.24) is 0 Å². The lowest BCUT2D eigenvalue weighted by atomic mass is 11.2. The third kappa shape index (κ3) is 3.78. The molecule has 9 heavy (non-hydrogen) atoms. The van der Waals surface area contributed by atoms with Crippen molar-refractivity contribution >= 4 is 35.3 Å². The molecular weight excluding hydrogens is 168 g/mol. The van der Waals surface area contributed by atoms with Crippen molar-refractivity contribution in [1.29, 1.82) is 0 Å². The van der Waals surface area contributed by atoms with Gasteiger partial charge in [0.05, 0.1) is 0 Å². The molecule has 1 aliphatic rings. The van der Waals surface area contributed by atoms with Gasteiger partial charge in [-0.25, -0.2) is 0 Å². The van der Waals surface area contributed by atoms with Crippen LogP contribution in [0.2, 0.25) is 0 Å². The first-order valence-corrected chi connectivity index (χ1v) is 5.24. The molecule has 0 radical (unpaired) electrons. The van der Waals surface area contributed by atoms with Crippen LogP contribution in [0.15, 0.2) is 32.4 Å². The van der Waals surface area contributed by atoms with E-state index in [9.17, 15) is 0 Å². The molecule has 0 spiro atoms. The van der Waals surface area contributed by atoms with Crippen molar-refractivity contribution in [2.75, 3.05) is 0 Å². The van der Waals surface area contributed by atoms with Gasteiger partial charge in [0.15, 0.2) is 0 Å². The summed E-state index contributed by atoms with van der Waals surface area (Å²) in [6, 6.07) is 0. The molecule has 0 aromatic rings. The molecule has 0 saturated carbocycles. The summed E-state index contributed by atoms with van der Waals surface area (Å²) in [5.41, 5.74) is 0. The van der Waals surface area contributed by atoms with Crippen molar-refractivity contribution in [3.63, 3.8) is 0 Å². The molecule has 0 saturated heterocycles. The molecule has 1 rings (SSSR count). The summed E-state index contributed by atoms with van der Waals surface area (Å²) in [4.78, 5) is 0. The minimum atomic E-state index is 1.70. The van der Waals surface area contributed by atoms with Crippen molar-refractivity contribution in [2.24, 2.45) is 0 Å². The van der Waals surface area contributed by atoms with Gasteiger partial charge < -0.3 is 0 Å². The molecular formula is C6H6S3. The average molecular weight is 174 g/mol. The molecule has 0 N–H and O–H groups in total. The molecule has 1 aliphatic heterocycles. The quantitative estimate of drug-likeness (QED) is 0.550. The van der Waals surface area contributed by atoms with Crippen LogP contribution in [0.1, 0.15) is 0 Å². The molecule has 0 aromatic carbocycles. The summed E-state index contributed by atoms with van der Waals surface area (Å²) < 4.78 is 0. The number of hydrogen-bond donors (Lipinski definition) is 0. The second-order valence-electron chi connectivity index (χ2n) is 1.22. The van der Waals surface area contributed by atoms with Crippen LogP contribution < -0.4 is 0 Å². The van der Waals surface area contributed by atoms with Crippen molar-refractivity contribution in [3.8, 4) is 0 Å². The van der Waals surface area contributed by atoms with Crippen molar-refractivity contribution in [3.05, 3.63) is 32.4 Å². The number of hydrogen-bond acceptors (Lipinski definition) is 3. The number of rotatable bonds is 0. The van der Waals surface area contributed by atoms with Crippen LogP contribution in [0.5, 0.6) is 0 Å². The minimum absolute atomic E-state index is 1.70. The van der Waals surface area contributed by atoms with E-state index in [0.29, 0.717) is 0 Å². The van der Waals surface area contributed by atoms with Gasteiger partial charge in [-0.2, -0.15) is 0 Å². The normalized spacial score (nSPS) is 29.3. The lowest BCUT2D eigenvalue weighted by Gasteiger charge is -1.76. The Morgan fingerprint density at radius 2 is 0.667 bits per heavy atom. The highest BCUT2D eigenvalue weighted by molar-refractivity contribution is 8.11. The highest BCUT2D eigenvalue weighted by atomic mass is 32.2. The van der Waals surface area contributed by atoms with Gasteiger partial charge in [-0.05, 0) is 32.4 Å². The van der Waals surface area contributed by atoms with E-state index < -0.39 is 0 Å². The zero-order valence-corrected chi connectivity index (χ0v) is 7.14. The standard InChI is InChI=1S/C6H6S3/c1-2-8-5-6-9-4-3-7-1/h1-6H/b2-1-,4-3-,6-5-. The molecule has 0 nitrogen and oxygen atoms in total. The maximum absolute atomic E-state index is 2.07. The summed E-state index contributed by atoms with van der Waals surface area (Å²) in [6.45, 7) is 0. The van der Waals surface area contributed by atoms with E-state index >= 15 is 0 Å².